The number of benzene rings is 4. The van der Waals surface area contributed by atoms with E-state index < -0.39 is 10.0 Å². The molecular weight excluding hydrogens is 456 g/mol. The largest absolute Gasteiger partial charge is 0.305 e. The fraction of sp³-hybridized carbons (Fsp3) is 0.138. The van der Waals surface area contributed by atoms with Crippen molar-refractivity contribution in [3.8, 4) is 0 Å². The highest BCUT2D eigenvalue weighted by Crippen LogP contribution is 2.33. The Morgan fingerprint density at radius 3 is 2.11 bits per heavy atom. The van der Waals surface area contributed by atoms with Crippen molar-refractivity contribution in [2.75, 3.05) is 9.21 Å². The Morgan fingerprint density at radius 2 is 1.43 bits per heavy atom. The molecular formula is C29H26N2O3S. The Balaban J connectivity index is 1.43. The van der Waals surface area contributed by atoms with Gasteiger partial charge in [0.25, 0.3) is 15.9 Å². The van der Waals surface area contributed by atoms with Crippen LogP contribution in [0.25, 0.3) is 0 Å². The topological polar surface area (TPSA) is 57.7 Å². The standard InChI is InChI=1S/C29H26N2O3S/c1-22-20-25-10-8-9-15-28(25)31(22)29(32)24-18-16-23(17-19-24)21-30(26-11-4-2-5-12-26)35(33,34)27-13-6-3-7-14-27/h2-19,22H,20-21H2,1H3/t22-/m1/s1. The van der Waals surface area contributed by atoms with Gasteiger partial charge in [0.1, 0.15) is 0 Å². The summed E-state index contributed by atoms with van der Waals surface area (Å²) in [7, 11) is -3.77. The lowest BCUT2D eigenvalue weighted by Gasteiger charge is -2.25. The minimum Gasteiger partial charge on any atom is -0.305 e. The van der Waals surface area contributed by atoms with Gasteiger partial charge >= 0.3 is 0 Å². The molecule has 5 nitrogen and oxygen atoms in total. The van der Waals surface area contributed by atoms with Crippen LogP contribution in [-0.2, 0) is 23.0 Å². The maximum atomic E-state index is 13.5. The Kier molecular flexibility index (Phi) is 6.14. The molecule has 5 rings (SSSR count). The first-order valence-corrected chi connectivity index (χ1v) is 13.0. The molecule has 1 aliphatic rings. The predicted molar refractivity (Wildman–Crippen MR) is 139 cm³/mol. The number of para-hydroxylation sites is 2. The maximum Gasteiger partial charge on any atom is 0.264 e. The number of sulfonamides is 1. The van der Waals surface area contributed by atoms with Gasteiger partial charge in [-0.15, -0.1) is 0 Å². The number of fused-ring (bicyclic) bond motifs is 1. The van der Waals surface area contributed by atoms with Crippen molar-refractivity contribution >= 4 is 27.3 Å². The lowest BCUT2D eigenvalue weighted by atomic mass is 10.1. The normalized spacial score (nSPS) is 15.0. The quantitative estimate of drug-likeness (QED) is 0.356. The van der Waals surface area contributed by atoms with Gasteiger partial charge in [-0.25, -0.2) is 8.42 Å². The van der Waals surface area contributed by atoms with Gasteiger partial charge in [0.15, 0.2) is 0 Å². The molecule has 0 aliphatic carbocycles. The van der Waals surface area contributed by atoms with Crippen molar-refractivity contribution in [2.45, 2.75) is 30.8 Å². The summed E-state index contributed by atoms with van der Waals surface area (Å²) >= 11 is 0. The molecule has 0 N–H and O–H groups in total. The van der Waals surface area contributed by atoms with Gasteiger partial charge in [-0.05, 0) is 66.9 Å². The van der Waals surface area contributed by atoms with Gasteiger partial charge in [-0.1, -0.05) is 66.7 Å². The molecule has 0 saturated carbocycles. The third-order valence-electron chi connectivity index (χ3n) is 6.33. The van der Waals surface area contributed by atoms with Gasteiger partial charge in [0, 0.05) is 17.3 Å². The first-order valence-electron chi connectivity index (χ1n) is 11.6. The zero-order chi connectivity index (χ0) is 24.4. The van der Waals surface area contributed by atoms with Gasteiger partial charge in [-0.2, -0.15) is 0 Å². The van der Waals surface area contributed by atoms with Crippen molar-refractivity contribution in [1.82, 2.24) is 0 Å². The first-order chi connectivity index (χ1) is 16.9. The third kappa shape index (κ3) is 4.45. The molecule has 0 fully saturated rings. The van der Waals surface area contributed by atoms with Crippen LogP contribution in [0.15, 0.2) is 114 Å². The van der Waals surface area contributed by atoms with Gasteiger partial charge in [0.05, 0.1) is 17.1 Å². The molecule has 1 atom stereocenters. The summed E-state index contributed by atoms with van der Waals surface area (Å²) in [6.07, 6.45) is 0.837. The maximum absolute atomic E-state index is 13.5. The highest BCUT2D eigenvalue weighted by Gasteiger charge is 2.31. The smallest absolute Gasteiger partial charge is 0.264 e. The number of anilines is 2. The molecule has 4 aromatic rings. The number of carbonyl (C=O) groups is 1. The Morgan fingerprint density at radius 1 is 0.829 bits per heavy atom. The fourth-order valence-corrected chi connectivity index (χ4v) is 6.04. The zero-order valence-electron chi connectivity index (χ0n) is 19.4. The zero-order valence-corrected chi connectivity index (χ0v) is 20.2. The number of nitrogens with zero attached hydrogens (tertiary/aromatic N) is 2. The molecule has 0 radical (unpaired) electrons. The number of hydrogen-bond acceptors (Lipinski definition) is 3. The lowest BCUT2D eigenvalue weighted by molar-refractivity contribution is 0.0981. The molecule has 0 bridgehead atoms. The first kappa shape index (κ1) is 22.9. The predicted octanol–water partition coefficient (Wildman–Crippen LogP) is 5.67. The van der Waals surface area contributed by atoms with E-state index >= 15 is 0 Å². The van der Waals surface area contributed by atoms with Crippen LogP contribution in [0.5, 0.6) is 0 Å². The van der Waals surface area contributed by atoms with Crippen LogP contribution in [0.2, 0.25) is 0 Å². The minimum absolute atomic E-state index is 0.0502. The second kappa shape index (κ2) is 9.39. The molecule has 0 saturated heterocycles. The van der Waals surface area contributed by atoms with Gasteiger partial charge in [0.2, 0.25) is 0 Å². The second-order valence-electron chi connectivity index (χ2n) is 8.71. The van der Waals surface area contributed by atoms with Gasteiger partial charge < -0.3 is 4.90 Å². The molecule has 0 aromatic heterocycles. The van der Waals surface area contributed by atoms with Crippen molar-refractivity contribution in [1.29, 1.82) is 0 Å². The van der Waals surface area contributed by atoms with E-state index in [2.05, 4.69) is 13.0 Å². The Labute approximate surface area is 206 Å². The van der Waals surface area contributed by atoms with Crippen molar-refractivity contribution in [2.24, 2.45) is 0 Å². The highest BCUT2D eigenvalue weighted by molar-refractivity contribution is 7.92. The van der Waals surface area contributed by atoms with Crippen LogP contribution in [0.3, 0.4) is 0 Å². The average Bonchev–Trinajstić information content (AvgIpc) is 3.23. The molecule has 6 heteroatoms. The van der Waals surface area contributed by atoms with E-state index in [9.17, 15) is 13.2 Å². The van der Waals surface area contributed by atoms with Crippen molar-refractivity contribution in [3.63, 3.8) is 0 Å². The molecule has 35 heavy (non-hydrogen) atoms. The summed E-state index contributed by atoms with van der Waals surface area (Å²) in [4.78, 5) is 15.4. The summed E-state index contributed by atoms with van der Waals surface area (Å²) in [5.41, 5.74) is 4.08. The summed E-state index contributed by atoms with van der Waals surface area (Å²) < 4.78 is 28.4. The Hall–Kier alpha value is -3.90. The van der Waals surface area contributed by atoms with Crippen LogP contribution in [-0.4, -0.2) is 20.4 Å². The molecule has 0 spiro atoms. The van der Waals surface area contributed by atoms with Crippen LogP contribution >= 0.6 is 0 Å². The molecule has 0 unspecified atom stereocenters. The van der Waals surface area contributed by atoms with Crippen molar-refractivity contribution < 1.29 is 13.2 Å². The minimum atomic E-state index is -3.77. The molecule has 176 valence electrons. The van der Waals surface area contributed by atoms with E-state index in [-0.39, 0.29) is 23.4 Å². The molecule has 1 aliphatic heterocycles. The molecule has 1 amide bonds. The van der Waals surface area contributed by atoms with E-state index in [1.54, 1.807) is 54.6 Å². The summed E-state index contributed by atoms with van der Waals surface area (Å²) in [6.45, 7) is 2.21. The number of hydrogen-bond donors (Lipinski definition) is 0. The third-order valence-corrected chi connectivity index (χ3v) is 8.12. The number of rotatable bonds is 6. The molecule has 4 aromatic carbocycles. The monoisotopic (exact) mass is 482 g/mol. The highest BCUT2D eigenvalue weighted by atomic mass is 32.2. The lowest BCUT2D eigenvalue weighted by Crippen LogP contribution is -2.35. The van der Waals surface area contributed by atoms with Crippen LogP contribution in [0, 0.1) is 0 Å². The summed E-state index contributed by atoms with van der Waals surface area (Å²) in [6, 6.07) is 32.8. The number of carbonyl (C=O) groups excluding carboxylic acids is 1. The Bertz CT molecular complexity index is 1440. The average molecular weight is 483 g/mol. The van der Waals surface area contributed by atoms with E-state index in [0.717, 1.165) is 17.7 Å². The van der Waals surface area contributed by atoms with E-state index in [0.29, 0.717) is 11.3 Å². The van der Waals surface area contributed by atoms with E-state index in [4.69, 9.17) is 0 Å². The van der Waals surface area contributed by atoms with E-state index in [1.165, 1.54) is 9.87 Å². The van der Waals surface area contributed by atoms with Gasteiger partial charge in [-0.3, -0.25) is 9.10 Å². The van der Waals surface area contributed by atoms with Crippen LogP contribution in [0.4, 0.5) is 11.4 Å². The van der Waals surface area contributed by atoms with Crippen LogP contribution < -0.4 is 9.21 Å². The van der Waals surface area contributed by atoms with E-state index in [1.807, 2.05) is 53.4 Å². The van der Waals surface area contributed by atoms with Crippen LogP contribution in [0.1, 0.15) is 28.4 Å². The molecule has 1 heterocycles. The fourth-order valence-electron chi connectivity index (χ4n) is 4.56. The SMILES string of the molecule is C[C@@H]1Cc2ccccc2N1C(=O)c1ccc(CN(c2ccccc2)S(=O)(=O)c2ccccc2)cc1. The summed E-state index contributed by atoms with van der Waals surface area (Å²) in [5, 5.41) is 0. The summed E-state index contributed by atoms with van der Waals surface area (Å²) in [5.74, 6) is -0.0502. The van der Waals surface area contributed by atoms with Crippen molar-refractivity contribution in [3.05, 3.63) is 126 Å². The number of amides is 1. The second-order valence-corrected chi connectivity index (χ2v) is 10.6.